The van der Waals surface area contributed by atoms with Crippen LogP contribution in [0.25, 0.3) is 0 Å². The average molecular weight is 268 g/mol. The van der Waals surface area contributed by atoms with Crippen LogP contribution in [-0.4, -0.2) is 35.1 Å². The third-order valence-corrected chi connectivity index (χ3v) is 2.94. The Balaban J connectivity index is 2.47. The molecule has 0 spiro atoms. The SMILES string of the molecule is CCC(CNC(=O)N(CC)Cc1ccco1)C(=O)O. The number of nitrogens with one attached hydrogen (secondary N) is 1. The quantitative estimate of drug-likeness (QED) is 0.791. The van der Waals surface area contributed by atoms with Gasteiger partial charge in [-0.3, -0.25) is 4.79 Å². The standard InChI is InChI=1S/C13H20N2O4/c1-3-10(12(16)17)8-14-13(18)15(4-2)9-11-6-5-7-19-11/h5-7,10H,3-4,8-9H2,1-2H3,(H,14,18)(H,16,17). The Morgan fingerprint density at radius 3 is 2.68 bits per heavy atom. The predicted octanol–water partition coefficient (Wildman–Crippen LogP) is 1.92. The highest BCUT2D eigenvalue weighted by Crippen LogP contribution is 2.06. The molecule has 106 valence electrons. The summed E-state index contributed by atoms with van der Waals surface area (Å²) in [4.78, 5) is 24.3. The summed E-state index contributed by atoms with van der Waals surface area (Å²) in [6, 6.07) is 3.28. The summed E-state index contributed by atoms with van der Waals surface area (Å²) in [6.45, 7) is 4.68. The molecule has 0 fully saturated rings. The molecule has 1 aromatic heterocycles. The molecule has 6 nitrogen and oxygen atoms in total. The third kappa shape index (κ3) is 4.65. The van der Waals surface area contributed by atoms with Crippen molar-refractivity contribution in [3.63, 3.8) is 0 Å². The van der Waals surface area contributed by atoms with E-state index in [1.807, 2.05) is 6.92 Å². The minimum absolute atomic E-state index is 0.138. The van der Waals surface area contributed by atoms with Crippen molar-refractivity contribution in [1.29, 1.82) is 0 Å². The van der Waals surface area contributed by atoms with Crippen molar-refractivity contribution >= 4 is 12.0 Å². The Hall–Kier alpha value is -1.98. The van der Waals surface area contributed by atoms with E-state index in [-0.39, 0.29) is 12.6 Å². The molecule has 0 saturated heterocycles. The van der Waals surface area contributed by atoms with Gasteiger partial charge in [0.25, 0.3) is 0 Å². The van der Waals surface area contributed by atoms with Crippen LogP contribution in [0.5, 0.6) is 0 Å². The van der Waals surface area contributed by atoms with Gasteiger partial charge in [-0.05, 0) is 25.5 Å². The van der Waals surface area contributed by atoms with Gasteiger partial charge in [0.15, 0.2) is 0 Å². The number of carbonyl (C=O) groups excluding carboxylic acids is 1. The first-order valence-electron chi connectivity index (χ1n) is 6.36. The Kier molecular flexibility index (Phi) is 5.92. The van der Waals surface area contributed by atoms with E-state index < -0.39 is 11.9 Å². The fraction of sp³-hybridized carbons (Fsp3) is 0.538. The molecule has 1 rings (SSSR count). The van der Waals surface area contributed by atoms with Gasteiger partial charge in [0.05, 0.1) is 18.7 Å². The second kappa shape index (κ2) is 7.45. The number of hydrogen-bond donors (Lipinski definition) is 2. The van der Waals surface area contributed by atoms with Crippen molar-refractivity contribution in [2.45, 2.75) is 26.8 Å². The first-order chi connectivity index (χ1) is 9.08. The van der Waals surface area contributed by atoms with Crippen molar-refractivity contribution in [2.24, 2.45) is 5.92 Å². The van der Waals surface area contributed by atoms with E-state index in [4.69, 9.17) is 9.52 Å². The lowest BCUT2D eigenvalue weighted by atomic mass is 10.1. The number of furan rings is 1. The molecule has 1 unspecified atom stereocenters. The first-order valence-corrected chi connectivity index (χ1v) is 6.36. The van der Waals surface area contributed by atoms with Crippen LogP contribution in [-0.2, 0) is 11.3 Å². The second-order valence-corrected chi connectivity index (χ2v) is 4.22. The Morgan fingerprint density at radius 1 is 1.47 bits per heavy atom. The number of carboxylic acid groups (broad SMARTS) is 1. The van der Waals surface area contributed by atoms with Gasteiger partial charge in [-0.1, -0.05) is 6.92 Å². The Bertz CT molecular complexity index is 403. The van der Waals surface area contributed by atoms with Crippen LogP contribution < -0.4 is 5.32 Å². The minimum Gasteiger partial charge on any atom is -0.481 e. The van der Waals surface area contributed by atoms with E-state index in [1.54, 1.807) is 30.2 Å². The summed E-state index contributed by atoms with van der Waals surface area (Å²) in [5.41, 5.74) is 0. The van der Waals surface area contributed by atoms with Gasteiger partial charge in [0.1, 0.15) is 5.76 Å². The van der Waals surface area contributed by atoms with Gasteiger partial charge in [0, 0.05) is 13.1 Å². The van der Waals surface area contributed by atoms with Gasteiger partial charge in [-0.2, -0.15) is 0 Å². The van der Waals surface area contributed by atoms with Crippen LogP contribution in [0.2, 0.25) is 0 Å². The number of rotatable bonds is 7. The average Bonchev–Trinajstić information content (AvgIpc) is 2.88. The lowest BCUT2D eigenvalue weighted by Crippen LogP contribution is -2.42. The van der Waals surface area contributed by atoms with Gasteiger partial charge in [-0.15, -0.1) is 0 Å². The fourth-order valence-electron chi connectivity index (χ4n) is 1.65. The molecule has 0 radical (unpaired) electrons. The van der Waals surface area contributed by atoms with Gasteiger partial charge in [-0.25, -0.2) is 4.79 Å². The minimum atomic E-state index is -0.892. The third-order valence-electron chi connectivity index (χ3n) is 2.94. The monoisotopic (exact) mass is 268 g/mol. The topological polar surface area (TPSA) is 82.8 Å². The highest BCUT2D eigenvalue weighted by atomic mass is 16.4. The Morgan fingerprint density at radius 2 is 2.21 bits per heavy atom. The number of hydrogen-bond acceptors (Lipinski definition) is 3. The van der Waals surface area contributed by atoms with Crippen molar-refractivity contribution in [2.75, 3.05) is 13.1 Å². The second-order valence-electron chi connectivity index (χ2n) is 4.22. The molecule has 6 heteroatoms. The smallest absolute Gasteiger partial charge is 0.317 e. The molecule has 0 aliphatic heterocycles. The molecule has 1 heterocycles. The molecule has 0 aliphatic carbocycles. The van der Waals surface area contributed by atoms with Crippen LogP contribution in [0.4, 0.5) is 4.79 Å². The van der Waals surface area contributed by atoms with Crippen LogP contribution >= 0.6 is 0 Å². The highest BCUT2D eigenvalue weighted by molar-refractivity contribution is 5.76. The molecule has 19 heavy (non-hydrogen) atoms. The lowest BCUT2D eigenvalue weighted by molar-refractivity contribution is -0.141. The number of aliphatic carboxylic acids is 1. The maximum Gasteiger partial charge on any atom is 0.317 e. The van der Waals surface area contributed by atoms with E-state index in [0.29, 0.717) is 25.3 Å². The molecule has 0 aromatic carbocycles. The Labute approximate surface area is 112 Å². The first kappa shape index (κ1) is 15.1. The number of amides is 2. The zero-order valence-corrected chi connectivity index (χ0v) is 11.3. The molecule has 1 aromatic rings. The van der Waals surface area contributed by atoms with E-state index in [1.165, 1.54) is 0 Å². The maximum atomic E-state index is 11.9. The lowest BCUT2D eigenvalue weighted by Gasteiger charge is -2.21. The zero-order chi connectivity index (χ0) is 14.3. The molecule has 0 saturated carbocycles. The molecule has 2 amide bonds. The normalized spacial score (nSPS) is 11.9. The molecular formula is C13H20N2O4. The van der Waals surface area contributed by atoms with Gasteiger partial charge >= 0.3 is 12.0 Å². The number of nitrogens with zero attached hydrogens (tertiary/aromatic N) is 1. The van der Waals surface area contributed by atoms with Gasteiger partial charge < -0.3 is 19.7 Å². The number of carboxylic acids is 1. The number of urea groups is 1. The summed E-state index contributed by atoms with van der Waals surface area (Å²) >= 11 is 0. The molecule has 2 N–H and O–H groups in total. The predicted molar refractivity (Wildman–Crippen MR) is 69.6 cm³/mol. The van der Waals surface area contributed by atoms with Crippen molar-refractivity contribution in [1.82, 2.24) is 10.2 Å². The van der Waals surface area contributed by atoms with E-state index in [9.17, 15) is 9.59 Å². The highest BCUT2D eigenvalue weighted by Gasteiger charge is 2.18. The zero-order valence-electron chi connectivity index (χ0n) is 11.3. The van der Waals surface area contributed by atoms with E-state index >= 15 is 0 Å². The number of carbonyl (C=O) groups is 2. The summed E-state index contributed by atoms with van der Waals surface area (Å²) in [7, 11) is 0. The van der Waals surface area contributed by atoms with Crippen molar-refractivity contribution in [3.05, 3.63) is 24.2 Å². The maximum absolute atomic E-state index is 11.9. The summed E-state index contributed by atoms with van der Waals surface area (Å²) < 4.78 is 5.19. The summed E-state index contributed by atoms with van der Waals surface area (Å²) in [5.74, 6) is -0.745. The van der Waals surface area contributed by atoms with Crippen molar-refractivity contribution < 1.29 is 19.1 Å². The van der Waals surface area contributed by atoms with Gasteiger partial charge in [0.2, 0.25) is 0 Å². The van der Waals surface area contributed by atoms with Crippen LogP contribution in [0.3, 0.4) is 0 Å². The van der Waals surface area contributed by atoms with Crippen LogP contribution in [0, 0.1) is 5.92 Å². The largest absolute Gasteiger partial charge is 0.481 e. The van der Waals surface area contributed by atoms with Crippen molar-refractivity contribution in [3.8, 4) is 0 Å². The van der Waals surface area contributed by atoms with E-state index in [2.05, 4.69) is 5.32 Å². The fourth-order valence-corrected chi connectivity index (χ4v) is 1.65. The van der Waals surface area contributed by atoms with Crippen LogP contribution in [0.15, 0.2) is 22.8 Å². The molecule has 1 atom stereocenters. The molecular weight excluding hydrogens is 248 g/mol. The van der Waals surface area contributed by atoms with Crippen LogP contribution in [0.1, 0.15) is 26.0 Å². The summed E-state index contributed by atoms with van der Waals surface area (Å²) in [6.07, 6.45) is 2.04. The molecule has 0 bridgehead atoms. The molecule has 0 aliphatic rings. The van der Waals surface area contributed by atoms with E-state index in [0.717, 1.165) is 0 Å². The summed E-state index contributed by atoms with van der Waals surface area (Å²) in [5, 5.41) is 11.6.